The van der Waals surface area contributed by atoms with Gasteiger partial charge in [0.05, 0.1) is 16.8 Å². The number of carbonyl (C=O) groups is 2. The zero-order valence-electron chi connectivity index (χ0n) is 14.5. The minimum atomic E-state index is -0.144. The smallest absolute Gasteiger partial charge is 0.210 e. The Kier molecular flexibility index (Phi) is 3.24. The summed E-state index contributed by atoms with van der Waals surface area (Å²) in [6.07, 6.45) is 3.03. The molecule has 6 heteroatoms. The Labute approximate surface area is 150 Å². The molecule has 1 aliphatic carbocycles. The molecule has 1 fully saturated rings. The second-order valence-electron chi connectivity index (χ2n) is 6.97. The van der Waals surface area contributed by atoms with E-state index in [0.29, 0.717) is 22.4 Å². The molecule has 1 aliphatic heterocycles. The van der Waals surface area contributed by atoms with Gasteiger partial charge in [-0.05, 0) is 31.3 Å². The van der Waals surface area contributed by atoms with Crippen molar-refractivity contribution in [3.8, 4) is 0 Å². The van der Waals surface area contributed by atoms with Crippen molar-refractivity contribution >= 4 is 28.2 Å². The number of nitrogens with zero attached hydrogens (tertiary/aromatic N) is 3. The van der Waals surface area contributed by atoms with Crippen LogP contribution in [0.4, 0.5) is 5.69 Å². The van der Waals surface area contributed by atoms with Crippen LogP contribution in [0, 0.1) is 0 Å². The number of ketones is 2. The molecule has 0 amide bonds. The van der Waals surface area contributed by atoms with E-state index in [1.54, 1.807) is 12.3 Å². The third kappa shape index (κ3) is 2.12. The van der Waals surface area contributed by atoms with Gasteiger partial charge in [0.2, 0.25) is 5.78 Å². The fourth-order valence-electron chi connectivity index (χ4n) is 3.89. The fourth-order valence-corrected chi connectivity index (χ4v) is 3.89. The Morgan fingerprint density at radius 2 is 1.81 bits per heavy atom. The molecule has 1 saturated heterocycles. The Morgan fingerprint density at radius 3 is 2.62 bits per heavy atom. The number of piperazine rings is 1. The quantitative estimate of drug-likeness (QED) is 0.572. The van der Waals surface area contributed by atoms with Crippen molar-refractivity contribution in [2.45, 2.75) is 0 Å². The van der Waals surface area contributed by atoms with Crippen molar-refractivity contribution in [1.29, 1.82) is 0 Å². The number of aromatic nitrogens is 2. The molecule has 5 rings (SSSR count). The lowest BCUT2D eigenvalue weighted by atomic mass is 9.88. The molecule has 130 valence electrons. The number of aromatic amines is 1. The molecule has 0 atom stereocenters. The number of likely N-dealkylation sites (N-methyl/N-ethyl adjacent to an activating group) is 1. The average Bonchev–Trinajstić information content (AvgIpc) is 3.06. The van der Waals surface area contributed by atoms with Gasteiger partial charge >= 0.3 is 0 Å². The highest BCUT2D eigenvalue weighted by molar-refractivity contribution is 6.32. The van der Waals surface area contributed by atoms with Gasteiger partial charge in [0.25, 0.3) is 0 Å². The number of carbonyl (C=O) groups excluding carboxylic acids is 2. The minimum absolute atomic E-state index is 0.135. The summed E-state index contributed by atoms with van der Waals surface area (Å²) in [5, 5.41) is 0.810. The van der Waals surface area contributed by atoms with Gasteiger partial charge in [0, 0.05) is 60.7 Å². The topological polar surface area (TPSA) is 69.3 Å². The van der Waals surface area contributed by atoms with Gasteiger partial charge in [-0.1, -0.05) is 0 Å². The summed E-state index contributed by atoms with van der Waals surface area (Å²) in [5.74, 6) is -0.279. The van der Waals surface area contributed by atoms with Crippen molar-refractivity contribution in [1.82, 2.24) is 14.9 Å². The Hall–Kier alpha value is -2.99. The number of nitrogens with one attached hydrogen (secondary N) is 1. The van der Waals surface area contributed by atoms with Crippen LogP contribution < -0.4 is 4.90 Å². The number of rotatable bonds is 1. The number of pyridine rings is 1. The SMILES string of the molecule is CN1CCN(c2ccc3[nH]c4c(c3c2)C(=O)c2cnccc2C4=O)CC1. The van der Waals surface area contributed by atoms with Crippen LogP contribution in [0.25, 0.3) is 10.9 Å². The Balaban J connectivity index is 1.65. The largest absolute Gasteiger partial charge is 0.369 e. The number of anilines is 1. The van der Waals surface area contributed by atoms with Crippen LogP contribution in [0.5, 0.6) is 0 Å². The lowest BCUT2D eigenvalue weighted by Crippen LogP contribution is -2.44. The van der Waals surface area contributed by atoms with Crippen LogP contribution in [0.2, 0.25) is 0 Å². The van der Waals surface area contributed by atoms with E-state index in [-0.39, 0.29) is 11.6 Å². The first-order chi connectivity index (χ1) is 12.6. The maximum atomic E-state index is 13.0. The molecule has 0 saturated carbocycles. The number of hydrogen-bond donors (Lipinski definition) is 1. The molecule has 3 heterocycles. The van der Waals surface area contributed by atoms with Crippen LogP contribution in [0.3, 0.4) is 0 Å². The number of fused-ring (bicyclic) bond motifs is 4. The predicted molar refractivity (Wildman–Crippen MR) is 99.1 cm³/mol. The zero-order chi connectivity index (χ0) is 17.8. The highest BCUT2D eigenvalue weighted by Crippen LogP contribution is 2.34. The number of benzene rings is 1. The van der Waals surface area contributed by atoms with Crippen molar-refractivity contribution < 1.29 is 9.59 Å². The highest BCUT2D eigenvalue weighted by atomic mass is 16.1. The molecule has 26 heavy (non-hydrogen) atoms. The molecule has 3 aromatic rings. The highest BCUT2D eigenvalue weighted by Gasteiger charge is 2.33. The van der Waals surface area contributed by atoms with Gasteiger partial charge in [-0.15, -0.1) is 0 Å². The second kappa shape index (κ2) is 5.51. The van der Waals surface area contributed by atoms with Crippen molar-refractivity contribution in [2.24, 2.45) is 0 Å². The molecule has 0 radical (unpaired) electrons. The first kappa shape index (κ1) is 15.3. The first-order valence-corrected chi connectivity index (χ1v) is 8.76. The van der Waals surface area contributed by atoms with Crippen molar-refractivity contribution in [3.05, 3.63) is 59.0 Å². The first-order valence-electron chi connectivity index (χ1n) is 8.76. The molecule has 6 nitrogen and oxygen atoms in total. The number of H-pyrrole nitrogens is 1. The van der Waals surface area contributed by atoms with Gasteiger partial charge in [0.15, 0.2) is 5.78 Å². The lowest BCUT2D eigenvalue weighted by Gasteiger charge is -2.34. The summed E-state index contributed by atoms with van der Waals surface area (Å²) in [6.45, 7) is 3.93. The molecule has 0 bridgehead atoms. The Morgan fingerprint density at radius 1 is 1.00 bits per heavy atom. The summed E-state index contributed by atoms with van der Waals surface area (Å²) in [6, 6.07) is 7.66. The monoisotopic (exact) mass is 346 g/mol. The standard InChI is InChI=1S/C20H18N4O2/c1-23-6-8-24(9-7-23)12-2-3-16-14(10-12)17-18(22-16)20(26)13-4-5-21-11-15(13)19(17)25/h2-5,10-11,22H,6-9H2,1H3. The van der Waals surface area contributed by atoms with E-state index < -0.39 is 0 Å². The van der Waals surface area contributed by atoms with E-state index in [4.69, 9.17) is 0 Å². The average molecular weight is 346 g/mol. The van der Waals surface area contributed by atoms with Crippen molar-refractivity contribution in [2.75, 3.05) is 38.1 Å². The van der Waals surface area contributed by atoms with Crippen LogP contribution >= 0.6 is 0 Å². The zero-order valence-corrected chi connectivity index (χ0v) is 14.5. The summed E-state index contributed by atoms with van der Waals surface area (Å²) in [4.78, 5) is 37.7. The second-order valence-corrected chi connectivity index (χ2v) is 6.97. The van der Waals surface area contributed by atoms with E-state index >= 15 is 0 Å². The van der Waals surface area contributed by atoms with Gasteiger partial charge in [-0.2, -0.15) is 0 Å². The predicted octanol–water partition coefficient (Wildman–Crippen LogP) is 2.09. The van der Waals surface area contributed by atoms with E-state index in [9.17, 15) is 9.59 Å². The molecule has 2 aromatic heterocycles. The lowest BCUT2D eigenvalue weighted by molar-refractivity contribution is 0.0977. The Bertz CT molecular complexity index is 1060. The molecule has 0 spiro atoms. The summed E-state index contributed by atoms with van der Waals surface area (Å²) in [7, 11) is 2.12. The molecule has 0 unspecified atom stereocenters. The normalized spacial score (nSPS) is 17.5. The molecule has 1 N–H and O–H groups in total. The summed E-state index contributed by atoms with van der Waals surface area (Å²) >= 11 is 0. The third-order valence-electron chi connectivity index (χ3n) is 5.42. The third-order valence-corrected chi connectivity index (χ3v) is 5.42. The number of hydrogen-bond acceptors (Lipinski definition) is 5. The van der Waals surface area contributed by atoms with Crippen molar-refractivity contribution in [3.63, 3.8) is 0 Å². The molecular formula is C20H18N4O2. The van der Waals surface area contributed by atoms with Crippen LogP contribution in [-0.4, -0.2) is 59.7 Å². The fraction of sp³-hybridized carbons (Fsp3) is 0.250. The van der Waals surface area contributed by atoms with Crippen LogP contribution in [0.1, 0.15) is 32.0 Å². The van der Waals surface area contributed by atoms with Gasteiger partial charge in [0.1, 0.15) is 0 Å². The summed E-state index contributed by atoms with van der Waals surface area (Å²) < 4.78 is 0. The van der Waals surface area contributed by atoms with E-state index in [1.807, 2.05) is 12.1 Å². The molecule has 2 aliphatic rings. The maximum Gasteiger partial charge on any atom is 0.210 e. The minimum Gasteiger partial charge on any atom is -0.369 e. The molecular weight excluding hydrogens is 328 g/mol. The van der Waals surface area contributed by atoms with Crippen LogP contribution in [-0.2, 0) is 0 Å². The summed E-state index contributed by atoms with van der Waals surface area (Å²) in [5.41, 5.74) is 3.57. The van der Waals surface area contributed by atoms with Crippen LogP contribution in [0.15, 0.2) is 36.7 Å². The van der Waals surface area contributed by atoms with E-state index in [2.05, 4.69) is 32.9 Å². The molecule has 1 aromatic carbocycles. The van der Waals surface area contributed by atoms with E-state index in [0.717, 1.165) is 42.8 Å². The maximum absolute atomic E-state index is 13.0. The van der Waals surface area contributed by atoms with E-state index in [1.165, 1.54) is 6.20 Å². The van der Waals surface area contributed by atoms with Gasteiger partial charge in [-0.3, -0.25) is 14.6 Å². The van der Waals surface area contributed by atoms with Gasteiger partial charge in [-0.25, -0.2) is 0 Å². The van der Waals surface area contributed by atoms with Gasteiger partial charge < -0.3 is 14.8 Å².